The van der Waals surface area contributed by atoms with Crippen molar-refractivity contribution < 1.29 is 23.4 Å². The summed E-state index contributed by atoms with van der Waals surface area (Å²) in [5, 5.41) is 9.29. The van der Waals surface area contributed by atoms with Gasteiger partial charge in [0.15, 0.2) is 11.6 Å². The molecule has 0 aliphatic heterocycles. The van der Waals surface area contributed by atoms with Crippen molar-refractivity contribution in [3.05, 3.63) is 69.3 Å². The zero-order chi connectivity index (χ0) is 20.1. The smallest absolute Gasteiger partial charge is 0.303 e. The molecule has 146 valence electrons. The number of carbonyl (C=O) groups is 1. The highest BCUT2D eigenvalue weighted by Gasteiger charge is 2.17. The average molecular weight is 424 g/mol. The Morgan fingerprint density at radius 2 is 1.96 bits per heavy atom. The van der Waals surface area contributed by atoms with Crippen LogP contribution in [0.2, 0.25) is 5.02 Å². The van der Waals surface area contributed by atoms with Crippen LogP contribution in [0.1, 0.15) is 22.4 Å². The van der Waals surface area contributed by atoms with Crippen LogP contribution in [0.5, 0.6) is 5.75 Å². The second kappa shape index (κ2) is 9.12. The van der Waals surface area contributed by atoms with E-state index in [1.807, 2.05) is 0 Å². The summed E-state index contributed by atoms with van der Waals surface area (Å²) >= 11 is 6.94. The number of benzene rings is 2. The van der Waals surface area contributed by atoms with Crippen molar-refractivity contribution in [2.24, 2.45) is 0 Å². The third kappa shape index (κ3) is 4.85. The van der Waals surface area contributed by atoms with E-state index in [1.54, 1.807) is 30.3 Å². The predicted molar refractivity (Wildman–Crippen MR) is 104 cm³/mol. The molecule has 3 aromatic rings. The molecule has 0 spiro atoms. The lowest BCUT2D eigenvalue weighted by molar-refractivity contribution is -0.136. The molecule has 1 aromatic heterocycles. The summed E-state index contributed by atoms with van der Waals surface area (Å²) < 4.78 is 37.5. The SMILES string of the molecule is O=C(O)CCc1ccc(OCc2c(-c3ccc(Cl)cc3)nsc2CF)c(F)c1. The van der Waals surface area contributed by atoms with Crippen molar-refractivity contribution in [1.29, 1.82) is 0 Å². The first kappa shape index (κ1) is 20.2. The van der Waals surface area contributed by atoms with Crippen molar-refractivity contribution in [3.63, 3.8) is 0 Å². The Balaban J connectivity index is 1.78. The Morgan fingerprint density at radius 3 is 2.61 bits per heavy atom. The minimum atomic E-state index is -0.945. The normalized spacial score (nSPS) is 10.8. The number of aliphatic carboxylic acids is 1. The summed E-state index contributed by atoms with van der Waals surface area (Å²) in [5.74, 6) is -1.53. The van der Waals surface area contributed by atoms with Crippen LogP contribution in [0, 0.1) is 5.82 Å². The number of rotatable bonds is 8. The first-order valence-electron chi connectivity index (χ1n) is 8.40. The summed E-state index contributed by atoms with van der Waals surface area (Å²) in [4.78, 5) is 11.0. The van der Waals surface area contributed by atoms with Gasteiger partial charge in [-0.05, 0) is 47.8 Å². The quantitative estimate of drug-likeness (QED) is 0.507. The summed E-state index contributed by atoms with van der Waals surface area (Å²) in [6, 6.07) is 11.3. The molecule has 0 fully saturated rings. The van der Waals surface area contributed by atoms with Crippen LogP contribution in [-0.2, 0) is 24.5 Å². The number of ether oxygens (including phenoxy) is 1. The highest BCUT2D eigenvalue weighted by Crippen LogP contribution is 2.31. The Morgan fingerprint density at radius 1 is 1.21 bits per heavy atom. The minimum absolute atomic E-state index is 0.0112. The van der Waals surface area contributed by atoms with Gasteiger partial charge in [0, 0.05) is 22.6 Å². The third-order valence-corrected chi connectivity index (χ3v) is 5.21. The zero-order valence-corrected chi connectivity index (χ0v) is 16.2. The molecule has 0 aliphatic carbocycles. The lowest BCUT2D eigenvalue weighted by Crippen LogP contribution is -2.02. The van der Waals surface area contributed by atoms with Gasteiger partial charge in [-0.2, -0.15) is 4.37 Å². The van der Waals surface area contributed by atoms with Crippen LogP contribution in [0.4, 0.5) is 8.78 Å². The number of carboxylic acid groups (broad SMARTS) is 1. The van der Waals surface area contributed by atoms with Crippen molar-refractivity contribution in [1.82, 2.24) is 4.37 Å². The number of carboxylic acids is 1. The molecule has 1 heterocycles. The molecule has 4 nitrogen and oxygen atoms in total. The van der Waals surface area contributed by atoms with Crippen LogP contribution < -0.4 is 4.74 Å². The zero-order valence-electron chi connectivity index (χ0n) is 14.6. The summed E-state index contributed by atoms with van der Waals surface area (Å²) in [6.45, 7) is -0.736. The van der Waals surface area contributed by atoms with Crippen LogP contribution in [0.25, 0.3) is 11.3 Å². The fraction of sp³-hybridized carbons (Fsp3) is 0.200. The number of alkyl halides is 1. The van der Waals surface area contributed by atoms with Crippen molar-refractivity contribution in [2.75, 3.05) is 0 Å². The van der Waals surface area contributed by atoms with E-state index < -0.39 is 18.5 Å². The number of nitrogens with zero attached hydrogens (tertiary/aromatic N) is 1. The van der Waals surface area contributed by atoms with Crippen molar-refractivity contribution in [3.8, 4) is 17.0 Å². The van der Waals surface area contributed by atoms with Gasteiger partial charge in [0.05, 0.1) is 10.6 Å². The van der Waals surface area contributed by atoms with Crippen molar-refractivity contribution in [2.45, 2.75) is 26.1 Å². The molecule has 3 rings (SSSR count). The number of hydrogen-bond donors (Lipinski definition) is 1. The van der Waals surface area contributed by atoms with Crippen LogP contribution >= 0.6 is 23.1 Å². The van der Waals surface area contributed by atoms with E-state index in [4.69, 9.17) is 21.4 Å². The van der Waals surface area contributed by atoms with Gasteiger partial charge in [-0.15, -0.1) is 0 Å². The van der Waals surface area contributed by atoms with Gasteiger partial charge < -0.3 is 9.84 Å². The molecular formula is C20H16ClF2NO3S. The van der Waals surface area contributed by atoms with Gasteiger partial charge in [0.1, 0.15) is 13.3 Å². The number of hydrogen-bond acceptors (Lipinski definition) is 4. The Bertz CT molecular complexity index is 976. The maximum absolute atomic E-state index is 14.3. The van der Waals surface area contributed by atoms with Gasteiger partial charge in [0.25, 0.3) is 0 Å². The molecule has 0 saturated heterocycles. The monoisotopic (exact) mass is 423 g/mol. The van der Waals surface area contributed by atoms with Gasteiger partial charge in [-0.3, -0.25) is 4.79 Å². The Labute approximate surface area is 169 Å². The van der Waals surface area contributed by atoms with E-state index in [0.29, 0.717) is 26.7 Å². The maximum Gasteiger partial charge on any atom is 0.303 e. The van der Waals surface area contributed by atoms with E-state index in [-0.39, 0.29) is 25.2 Å². The average Bonchev–Trinajstić information content (AvgIpc) is 3.09. The number of aryl methyl sites for hydroxylation is 1. The third-order valence-electron chi connectivity index (χ3n) is 4.10. The highest BCUT2D eigenvalue weighted by molar-refractivity contribution is 7.06. The first-order valence-corrected chi connectivity index (χ1v) is 9.55. The largest absolute Gasteiger partial charge is 0.486 e. The molecule has 0 bridgehead atoms. The first-order chi connectivity index (χ1) is 13.5. The highest BCUT2D eigenvalue weighted by atomic mass is 35.5. The molecular weight excluding hydrogens is 408 g/mol. The predicted octanol–water partition coefficient (Wildman–Crippen LogP) is 5.67. The van der Waals surface area contributed by atoms with Gasteiger partial charge in [-0.25, -0.2) is 8.78 Å². The molecule has 0 atom stereocenters. The van der Waals surface area contributed by atoms with E-state index >= 15 is 0 Å². The standard InChI is InChI=1S/C20H16ClF2NO3S/c21-14-5-3-13(4-6-14)20-15(18(10-22)28-24-20)11-27-17-7-1-12(9-16(17)23)2-8-19(25)26/h1,3-7,9H,2,8,10-11H2,(H,25,26). The second-order valence-corrected chi connectivity index (χ2v) is 7.32. The van der Waals surface area contributed by atoms with E-state index in [2.05, 4.69) is 4.37 Å². The van der Waals surface area contributed by atoms with E-state index in [9.17, 15) is 13.6 Å². The molecule has 1 N–H and O–H groups in total. The Hall–Kier alpha value is -2.51. The van der Waals surface area contributed by atoms with Crippen LogP contribution in [0.15, 0.2) is 42.5 Å². The van der Waals surface area contributed by atoms with Gasteiger partial charge in [-0.1, -0.05) is 29.8 Å². The van der Waals surface area contributed by atoms with Gasteiger partial charge in [0.2, 0.25) is 0 Å². The van der Waals surface area contributed by atoms with E-state index in [1.165, 1.54) is 12.1 Å². The summed E-state index contributed by atoms with van der Waals surface area (Å²) in [5.41, 5.74) is 2.47. The summed E-state index contributed by atoms with van der Waals surface area (Å²) in [7, 11) is 0. The fourth-order valence-electron chi connectivity index (χ4n) is 2.65. The molecule has 2 aromatic carbocycles. The lowest BCUT2D eigenvalue weighted by Gasteiger charge is -2.10. The van der Waals surface area contributed by atoms with Crippen LogP contribution in [0.3, 0.4) is 0 Å². The van der Waals surface area contributed by atoms with Crippen molar-refractivity contribution >= 4 is 29.1 Å². The summed E-state index contributed by atoms with van der Waals surface area (Å²) in [6.07, 6.45) is 0.151. The number of aromatic nitrogens is 1. The molecule has 8 heteroatoms. The molecule has 0 radical (unpaired) electrons. The fourth-order valence-corrected chi connectivity index (χ4v) is 3.51. The molecule has 0 unspecified atom stereocenters. The molecule has 28 heavy (non-hydrogen) atoms. The second-order valence-electron chi connectivity index (χ2n) is 6.02. The minimum Gasteiger partial charge on any atom is -0.486 e. The number of halogens is 3. The lowest BCUT2D eigenvalue weighted by atomic mass is 10.1. The van der Waals surface area contributed by atoms with Gasteiger partial charge >= 0.3 is 5.97 Å². The molecule has 0 aliphatic rings. The Kier molecular flexibility index (Phi) is 6.59. The van der Waals surface area contributed by atoms with E-state index in [0.717, 1.165) is 17.1 Å². The molecule has 0 saturated carbocycles. The maximum atomic E-state index is 14.3. The molecule has 0 amide bonds. The van der Waals surface area contributed by atoms with Crippen LogP contribution in [-0.4, -0.2) is 15.4 Å². The topological polar surface area (TPSA) is 59.4 Å².